The number of aliphatic hydroxyl groups is 1. The Kier molecular flexibility index (Phi) is 7.91. The monoisotopic (exact) mass is 295 g/mol. The molecule has 0 aliphatic carbocycles. The molecule has 0 fully saturated rings. The van der Waals surface area contributed by atoms with E-state index in [2.05, 4.69) is 32.6 Å². The SMILES string of the molecule is CCC(CC)N(CCC(O)c1ccccc1F)CC(C)C. The van der Waals surface area contributed by atoms with Crippen LogP contribution in [-0.2, 0) is 0 Å². The molecule has 120 valence electrons. The number of benzene rings is 1. The van der Waals surface area contributed by atoms with Crippen LogP contribution in [0.1, 0.15) is 58.6 Å². The molecule has 1 aromatic rings. The van der Waals surface area contributed by atoms with Crippen molar-refractivity contribution >= 4 is 0 Å². The predicted octanol–water partition coefficient (Wildman–Crippen LogP) is 4.40. The summed E-state index contributed by atoms with van der Waals surface area (Å²) < 4.78 is 13.7. The van der Waals surface area contributed by atoms with Gasteiger partial charge in [-0.25, -0.2) is 4.39 Å². The first-order valence-electron chi connectivity index (χ1n) is 8.16. The Hall–Kier alpha value is -0.930. The molecule has 21 heavy (non-hydrogen) atoms. The molecule has 2 nitrogen and oxygen atoms in total. The van der Waals surface area contributed by atoms with Gasteiger partial charge in [-0.2, -0.15) is 0 Å². The lowest BCUT2D eigenvalue weighted by atomic mass is 10.0. The summed E-state index contributed by atoms with van der Waals surface area (Å²) in [7, 11) is 0. The van der Waals surface area contributed by atoms with Crippen molar-refractivity contribution in [3.8, 4) is 0 Å². The maximum atomic E-state index is 13.7. The van der Waals surface area contributed by atoms with Gasteiger partial charge in [0.15, 0.2) is 0 Å². The minimum atomic E-state index is -0.727. The van der Waals surface area contributed by atoms with Crippen LogP contribution in [-0.4, -0.2) is 29.1 Å². The lowest BCUT2D eigenvalue weighted by molar-refractivity contribution is 0.109. The summed E-state index contributed by atoms with van der Waals surface area (Å²) >= 11 is 0. The first-order valence-corrected chi connectivity index (χ1v) is 8.16. The lowest BCUT2D eigenvalue weighted by Crippen LogP contribution is -2.38. The van der Waals surface area contributed by atoms with Gasteiger partial charge in [0.2, 0.25) is 0 Å². The van der Waals surface area contributed by atoms with Crippen LogP contribution in [0.3, 0.4) is 0 Å². The highest BCUT2D eigenvalue weighted by molar-refractivity contribution is 5.19. The summed E-state index contributed by atoms with van der Waals surface area (Å²) in [5, 5.41) is 10.2. The molecule has 1 aromatic carbocycles. The van der Waals surface area contributed by atoms with Crippen molar-refractivity contribution in [1.29, 1.82) is 0 Å². The molecule has 3 heteroatoms. The molecular weight excluding hydrogens is 265 g/mol. The number of halogens is 1. The molecule has 0 heterocycles. The van der Waals surface area contributed by atoms with E-state index in [-0.39, 0.29) is 5.82 Å². The minimum Gasteiger partial charge on any atom is -0.388 e. The largest absolute Gasteiger partial charge is 0.388 e. The van der Waals surface area contributed by atoms with E-state index in [0.29, 0.717) is 23.9 Å². The van der Waals surface area contributed by atoms with Gasteiger partial charge in [0.25, 0.3) is 0 Å². The van der Waals surface area contributed by atoms with Crippen LogP contribution in [0.4, 0.5) is 4.39 Å². The first-order chi connectivity index (χ1) is 9.99. The number of aliphatic hydroxyl groups excluding tert-OH is 1. The van der Waals surface area contributed by atoms with Gasteiger partial charge in [-0.15, -0.1) is 0 Å². The standard InChI is InChI=1S/C18H30FNO/c1-5-15(6-2)20(13-14(3)4)12-11-18(21)16-9-7-8-10-17(16)19/h7-10,14-15,18,21H,5-6,11-13H2,1-4H3. The Bertz CT molecular complexity index is 404. The molecule has 0 saturated heterocycles. The molecule has 1 atom stereocenters. The first kappa shape index (κ1) is 18.1. The van der Waals surface area contributed by atoms with Crippen LogP contribution in [0.25, 0.3) is 0 Å². The van der Waals surface area contributed by atoms with Crippen LogP contribution in [0.2, 0.25) is 0 Å². The highest BCUT2D eigenvalue weighted by Crippen LogP contribution is 2.21. The summed E-state index contributed by atoms with van der Waals surface area (Å²) in [6.07, 6.45) is 2.07. The van der Waals surface area contributed by atoms with Crippen LogP contribution in [0.5, 0.6) is 0 Å². The number of hydrogen-bond donors (Lipinski definition) is 1. The Balaban J connectivity index is 2.65. The van der Waals surface area contributed by atoms with Crippen molar-refractivity contribution in [2.75, 3.05) is 13.1 Å². The molecule has 1 unspecified atom stereocenters. The van der Waals surface area contributed by atoms with Gasteiger partial charge in [0.05, 0.1) is 6.10 Å². The van der Waals surface area contributed by atoms with Crippen LogP contribution in [0, 0.1) is 11.7 Å². The Morgan fingerprint density at radius 3 is 2.29 bits per heavy atom. The molecule has 0 amide bonds. The summed E-state index contributed by atoms with van der Waals surface area (Å²) in [6, 6.07) is 7.05. The third kappa shape index (κ3) is 5.76. The van der Waals surface area contributed by atoms with E-state index in [0.717, 1.165) is 25.9 Å². The maximum absolute atomic E-state index is 13.7. The molecule has 0 aliphatic rings. The Labute approximate surface area is 129 Å². The van der Waals surface area contributed by atoms with E-state index in [1.807, 2.05) is 0 Å². The smallest absolute Gasteiger partial charge is 0.128 e. The Morgan fingerprint density at radius 2 is 1.76 bits per heavy atom. The zero-order valence-electron chi connectivity index (χ0n) is 13.8. The van der Waals surface area contributed by atoms with E-state index in [9.17, 15) is 9.50 Å². The third-order valence-electron chi connectivity index (χ3n) is 4.01. The fraction of sp³-hybridized carbons (Fsp3) is 0.667. The van der Waals surface area contributed by atoms with Crippen LogP contribution >= 0.6 is 0 Å². The van der Waals surface area contributed by atoms with Gasteiger partial charge >= 0.3 is 0 Å². The van der Waals surface area contributed by atoms with Gasteiger partial charge in [-0.3, -0.25) is 0 Å². The predicted molar refractivity (Wildman–Crippen MR) is 86.8 cm³/mol. The quantitative estimate of drug-likeness (QED) is 0.730. The second kappa shape index (κ2) is 9.16. The van der Waals surface area contributed by atoms with Crippen molar-refractivity contribution in [3.63, 3.8) is 0 Å². The van der Waals surface area contributed by atoms with E-state index in [1.165, 1.54) is 6.07 Å². The average molecular weight is 295 g/mol. The number of nitrogens with zero attached hydrogens (tertiary/aromatic N) is 1. The van der Waals surface area contributed by atoms with Gasteiger partial charge in [0, 0.05) is 24.7 Å². The van der Waals surface area contributed by atoms with E-state index in [1.54, 1.807) is 18.2 Å². The number of hydrogen-bond acceptors (Lipinski definition) is 2. The van der Waals surface area contributed by atoms with Crippen molar-refractivity contribution in [1.82, 2.24) is 4.90 Å². The molecule has 0 saturated carbocycles. The van der Waals surface area contributed by atoms with E-state index in [4.69, 9.17) is 0 Å². The average Bonchev–Trinajstić information content (AvgIpc) is 2.45. The van der Waals surface area contributed by atoms with Crippen LogP contribution in [0.15, 0.2) is 24.3 Å². The second-order valence-corrected chi connectivity index (χ2v) is 6.19. The van der Waals surface area contributed by atoms with Crippen LogP contribution < -0.4 is 0 Å². The zero-order chi connectivity index (χ0) is 15.8. The zero-order valence-corrected chi connectivity index (χ0v) is 13.8. The lowest BCUT2D eigenvalue weighted by Gasteiger charge is -2.32. The minimum absolute atomic E-state index is 0.317. The second-order valence-electron chi connectivity index (χ2n) is 6.19. The maximum Gasteiger partial charge on any atom is 0.128 e. The normalized spacial score (nSPS) is 13.4. The molecule has 0 spiro atoms. The van der Waals surface area contributed by atoms with Crippen molar-refractivity contribution < 1.29 is 9.50 Å². The molecule has 0 bridgehead atoms. The van der Waals surface area contributed by atoms with Gasteiger partial charge in [0.1, 0.15) is 5.82 Å². The molecule has 0 aliphatic heterocycles. The topological polar surface area (TPSA) is 23.5 Å². The molecule has 1 N–H and O–H groups in total. The van der Waals surface area contributed by atoms with Crippen molar-refractivity contribution in [3.05, 3.63) is 35.6 Å². The van der Waals surface area contributed by atoms with E-state index < -0.39 is 6.10 Å². The number of rotatable bonds is 9. The molecule has 1 rings (SSSR count). The summed E-state index contributed by atoms with van der Waals surface area (Å²) in [6.45, 7) is 10.7. The molecule has 0 radical (unpaired) electrons. The summed E-state index contributed by atoms with van der Waals surface area (Å²) in [5.74, 6) is 0.277. The van der Waals surface area contributed by atoms with E-state index >= 15 is 0 Å². The third-order valence-corrected chi connectivity index (χ3v) is 4.01. The van der Waals surface area contributed by atoms with Crippen molar-refractivity contribution in [2.45, 2.75) is 59.1 Å². The van der Waals surface area contributed by atoms with Gasteiger partial charge < -0.3 is 10.0 Å². The molecular formula is C18H30FNO. The summed E-state index contributed by atoms with van der Waals surface area (Å²) in [4.78, 5) is 2.44. The highest BCUT2D eigenvalue weighted by Gasteiger charge is 2.19. The fourth-order valence-corrected chi connectivity index (χ4v) is 2.89. The van der Waals surface area contributed by atoms with Crippen molar-refractivity contribution in [2.24, 2.45) is 5.92 Å². The summed E-state index contributed by atoms with van der Waals surface area (Å²) in [5.41, 5.74) is 0.409. The van der Waals surface area contributed by atoms with Gasteiger partial charge in [-0.1, -0.05) is 45.9 Å². The highest BCUT2D eigenvalue weighted by atomic mass is 19.1. The molecule has 0 aromatic heterocycles. The fourth-order valence-electron chi connectivity index (χ4n) is 2.89. The van der Waals surface area contributed by atoms with Gasteiger partial charge in [-0.05, 0) is 31.2 Å². The Morgan fingerprint density at radius 1 is 1.14 bits per heavy atom.